The van der Waals surface area contributed by atoms with E-state index in [0.29, 0.717) is 28.6 Å². The van der Waals surface area contributed by atoms with Crippen LogP contribution in [0.4, 0.5) is 17.2 Å². The monoisotopic (exact) mass is 450 g/mol. The molecule has 0 unspecified atom stereocenters. The van der Waals surface area contributed by atoms with Crippen molar-refractivity contribution < 1.29 is 13.2 Å². The maximum absolute atomic E-state index is 12.9. The van der Waals surface area contributed by atoms with Gasteiger partial charge in [0.25, 0.3) is 10.0 Å². The van der Waals surface area contributed by atoms with E-state index in [1.54, 1.807) is 85.7 Å². The van der Waals surface area contributed by atoms with E-state index in [1.165, 1.54) is 0 Å². The minimum Gasteiger partial charge on any atom is -0.496 e. The molecule has 9 nitrogen and oxygen atoms in total. The van der Waals surface area contributed by atoms with Crippen LogP contribution in [0.25, 0.3) is 5.82 Å². The molecule has 0 saturated heterocycles. The zero-order valence-electron chi connectivity index (χ0n) is 17.8. The van der Waals surface area contributed by atoms with Crippen molar-refractivity contribution in [3.63, 3.8) is 0 Å². The molecule has 0 saturated carbocycles. The maximum atomic E-state index is 12.9. The molecule has 10 heteroatoms. The van der Waals surface area contributed by atoms with E-state index in [2.05, 4.69) is 25.3 Å². The van der Waals surface area contributed by atoms with E-state index < -0.39 is 10.0 Å². The van der Waals surface area contributed by atoms with Crippen molar-refractivity contribution in [2.45, 2.75) is 18.7 Å². The largest absolute Gasteiger partial charge is 0.496 e. The van der Waals surface area contributed by atoms with Gasteiger partial charge < -0.3 is 10.1 Å². The van der Waals surface area contributed by atoms with E-state index in [9.17, 15) is 8.42 Å². The zero-order chi connectivity index (χ0) is 22.7. The molecule has 0 aliphatic carbocycles. The second kappa shape index (κ2) is 8.67. The third-order valence-corrected chi connectivity index (χ3v) is 6.30. The summed E-state index contributed by atoms with van der Waals surface area (Å²) in [6.07, 6.45) is 3.45. The second-order valence-electron chi connectivity index (χ2n) is 7.12. The van der Waals surface area contributed by atoms with Crippen molar-refractivity contribution in [3.8, 4) is 11.6 Å². The minimum atomic E-state index is -3.75. The van der Waals surface area contributed by atoms with Gasteiger partial charge >= 0.3 is 0 Å². The van der Waals surface area contributed by atoms with Crippen LogP contribution >= 0.6 is 0 Å². The fourth-order valence-corrected chi connectivity index (χ4v) is 4.54. The van der Waals surface area contributed by atoms with Gasteiger partial charge in [-0.1, -0.05) is 0 Å². The second-order valence-corrected chi connectivity index (χ2v) is 8.77. The number of nitrogens with zero attached hydrogens (tertiary/aromatic N) is 4. The fourth-order valence-electron chi connectivity index (χ4n) is 3.17. The van der Waals surface area contributed by atoms with E-state index in [-0.39, 0.29) is 4.90 Å². The maximum Gasteiger partial charge on any atom is 0.262 e. The SMILES string of the molecule is COc1cc(C)c(S(=O)(=O)Nc2ccc(Nc3ccc(-n4cccn4)nn3)cc2)cc1C. The molecule has 0 amide bonds. The molecule has 2 N–H and O–H groups in total. The quantitative estimate of drug-likeness (QED) is 0.440. The standard InChI is InChI=1S/C22H22N6O3S/c1-15-14-20(16(2)13-19(15)31-3)32(29,30)27-18-7-5-17(6-8-18)24-21-9-10-22(26-25-21)28-12-4-11-23-28/h4-14,27H,1-3H3,(H,24,25). The van der Waals surface area contributed by atoms with Crippen LogP contribution in [0.2, 0.25) is 0 Å². The number of rotatable bonds is 7. The van der Waals surface area contributed by atoms with E-state index >= 15 is 0 Å². The third-order valence-electron chi connectivity index (χ3n) is 4.78. The Morgan fingerprint density at radius 3 is 2.31 bits per heavy atom. The number of nitrogens with one attached hydrogen (secondary N) is 2. The van der Waals surface area contributed by atoms with Crippen molar-refractivity contribution in [1.29, 1.82) is 0 Å². The van der Waals surface area contributed by atoms with Crippen molar-refractivity contribution >= 4 is 27.2 Å². The lowest BCUT2D eigenvalue weighted by molar-refractivity contribution is 0.411. The average molecular weight is 451 g/mol. The van der Waals surface area contributed by atoms with Crippen molar-refractivity contribution in [2.75, 3.05) is 17.1 Å². The Hall–Kier alpha value is -3.92. The molecule has 0 aliphatic rings. The first-order valence-corrected chi connectivity index (χ1v) is 11.2. The Labute approximate surface area is 186 Å². The lowest BCUT2D eigenvalue weighted by Gasteiger charge is -2.14. The molecule has 4 rings (SSSR count). The van der Waals surface area contributed by atoms with Crippen molar-refractivity contribution in [3.05, 3.63) is 78.1 Å². The molecule has 0 bridgehead atoms. The van der Waals surface area contributed by atoms with Crippen molar-refractivity contribution in [1.82, 2.24) is 20.0 Å². The molecule has 32 heavy (non-hydrogen) atoms. The molecule has 0 spiro atoms. The van der Waals surface area contributed by atoms with Crippen LogP contribution < -0.4 is 14.8 Å². The highest BCUT2D eigenvalue weighted by atomic mass is 32.2. The molecule has 0 fully saturated rings. The number of sulfonamides is 1. The summed E-state index contributed by atoms with van der Waals surface area (Å²) in [6, 6.07) is 15.6. The lowest BCUT2D eigenvalue weighted by Crippen LogP contribution is -2.14. The van der Waals surface area contributed by atoms with Crippen LogP contribution in [0.3, 0.4) is 0 Å². The molecule has 0 aliphatic heterocycles. The first-order valence-electron chi connectivity index (χ1n) is 9.74. The molecule has 4 aromatic rings. The smallest absolute Gasteiger partial charge is 0.262 e. The van der Waals surface area contributed by atoms with Gasteiger partial charge in [0.05, 0.1) is 12.0 Å². The highest BCUT2D eigenvalue weighted by Gasteiger charge is 2.19. The fraction of sp³-hybridized carbons (Fsp3) is 0.136. The van der Waals surface area contributed by atoms with Gasteiger partial charge in [-0.2, -0.15) is 5.10 Å². The summed E-state index contributed by atoms with van der Waals surface area (Å²) in [5, 5.41) is 15.5. The summed E-state index contributed by atoms with van der Waals surface area (Å²) in [6.45, 7) is 3.55. The molecular formula is C22H22N6O3S. The average Bonchev–Trinajstić information content (AvgIpc) is 3.31. The number of aromatic nitrogens is 4. The third kappa shape index (κ3) is 4.54. The number of aryl methyl sites for hydroxylation is 2. The predicted molar refractivity (Wildman–Crippen MR) is 122 cm³/mol. The van der Waals surface area contributed by atoms with Crippen LogP contribution in [-0.4, -0.2) is 35.5 Å². The number of methoxy groups -OCH3 is 1. The Morgan fingerprint density at radius 1 is 0.938 bits per heavy atom. The summed E-state index contributed by atoms with van der Waals surface area (Å²) in [5.74, 6) is 1.81. The van der Waals surface area contributed by atoms with Gasteiger partial charge in [0, 0.05) is 23.8 Å². The van der Waals surface area contributed by atoms with Gasteiger partial charge in [-0.15, -0.1) is 10.2 Å². The molecule has 0 radical (unpaired) electrons. The van der Waals surface area contributed by atoms with Gasteiger partial charge in [0.1, 0.15) is 5.75 Å². The Morgan fingerprint density at radius 2 is 1.69 bits per heavy atom. The summed E-state index contributed by atoms with van der Waals surface area (Å²) in [4.78, 5) is 0.213. The van der Waals surface area contributed by atoms with E-state index in [4.69, 9.17) is 4.74 Å². The molecule has 164 valence electrons. The summed E-state index contributed by atoms with van der Waals surface area (Å²) in [5.41, 5.74) is 2.54. The van der Waals surface area contributed by atoms with Gasteiger partial charge in [0.15, 0.2) is 11.6 Å². The normalized spacial score (nSPS) is 11.2. The van der Waals surface area contributed by atoms with Crippen LogP contribution in [-0.2, 0) is 10.0 Å². The highest BCUT2D eigenvalue weighted by molar-refractivity contribution is 7.92. The zero-order valence-corrected chi connectivity index (χ0v) is 18.6. The number of ether oxygens (including phenoxy) is 1. The molecular weight excluding hydrogens is 428 g/mol. The molecule has 2 heterocycles. The number of benzene rings is 2. The minimum absolute atomic E-state index is 0.213. The summed E-state index contributed by atoms with van der Waals surface area (Å²) in [7, 11) is -2.19. The van der Waals surface area contributed by atoms with Gasteiger partial charge in [-0.25, -0.2) is 13.1 Å². The van der Waals surface area contributed by atoms with E-state index in [0.717, 1.165) is 11.3 Å². The van der Waals surface area contributed by atoms with Gasteiger partial charge in [-0.05, 0) is 79.6 Å². The van der Waals surface area contributed by atoms with E-state index in [1.807, 2.05) is 6.92 Å². The lowest BCUT2D eigenvalue weighted by atomic mass is 10.1. The topological polar surface area (TPSA) is 111 Å². The molecule has 2 aromatic heterocycles. The van der Waals surface area contributed by atoms with Crippen LogP contribution in [0.5, 0.6) is 5.75 Å². The Balaban J connectivity index is 1.46. The first-order chi connectivity index (χ1) is 15.4. The first kappa shape index (κ1) is 21.3. The molecule has 0 atom stereocenters. The van der Waals surface area contributed by atoms with Crippen LogP contribution in [0, 0.1) is 13.8 Å². The summed E-state index contributed by atoms with van der Waals surface area (Å²) < 4.78 is 35.3. The molecule has 2 aromatic carbocycles. The van der Waals surface area contributed by atoms with Gasteiger partial charge in [-0.3, -0.25) is 4.72 Å². The summed E-state index contributed by atoms with van der Waals surface area (Å²) >= 11 is 0. The highest BCUT2D eigenvalue weighted by Crippen LogP contribution is 2.27. The Bertz CT molecular complexity index is 1320. The van der Waals surface area contributed by atoms with Crippen LogP contribution in [0.15, 0.2) is 71.9 Å². The number of anilines is 3. The number of hydrogen-bond donors (Lipinski definition) is 2. The number of hydrogen-bond acceptors (Lipinski definition) is 7. The van der Waals surface area contributed by atoms with Gasteiger partial charge in [0.2, 0.25) is 0 Å². The van der Waals surface area contributed by atoms with Crippen molar-refractivity contribution in [2.24, 2.45) is 0 Å². The Kier molecular flexibility index (Phi) is 5.78. The predicted octanol–water partition coefficient (Wildman–Crippen LogP) is 3.83. The van der Waals surface area contributed by atoms with Crippen LogP contribution in [0.1, 0.15) is 11.1 Å².